The summed E-state index contributed by atoms with van der Waals surface area (Å²) in [5, 5.41) is 8.37. The molecule has 1 unspecified atom stereocenters. The number of fused-ring (bicyclic) bond motifs is 1. The molecule has 4 heterocycles. The highest BCUT2D eigenvalue weighted by Gasteiger charge is 2.24. The summed E-state index contributed by atoms with van der Waals surface area (Å²) in [5.74, 6) is 1.44. The van der Waals surface area contributed by atoms with E-state index in [2.05, 4.69) is 26.3 Å². The fourth-order valence-electron chi connectivity index (χ4n) is 4.28. The van der Waals surface area contributed by atoms with Crippen molar-refractivity contribution in [1.82, 2.24) is 24.7 Å². The van der Waals surface area contributed by atoms with Crippen LogP contribution in [0.2, 0.25) is 0 Å². The number of aryl methyl sites for hydroxylation is 3. The summed E-state index contributed by atoms with van der Waals surface area (Å²) in [6.07, 6.45) is 12.6. The molecule has 0 aliphatic carbocycles. The van der Waals surface area contributed by atoms with Crippen LogP contribution in [-0.4, -0.2) is 42.3 Å². The van der Waals surface area contributed by atoms with E-state index in [4.69, 9.17) is 9.84 Å². The Labute approximate surface area is 201 Å². The number of rotatable bonds is 8. The number of esters is 1. The van der Waals surface area contributed by atoms with Gasteiger partial charge in [-0.1, -0.05) is 6.07 Å². The van der Waals surface area contributed by atoms with Gasteiger partial charge in [0.05, 0.1) is 18.2 Å². The first-order valence-electron chi connectivity index (χ1n) is 12.0. The fourth-order valence-corrected chi connectivity index (χ4v) is 4.28. The third-order valence-corrected chi connectivity index (χ3v) is 5.93. The minimum atomic E-state index is -0.538. The number of nitrogens with zero attached hydrogens (tertiary/aromatic N) is 5. The number of hydrogen-bond acceptors (Lipinski definition) is 7. The van der Waals surface area contributed by atoms with E-state index in [0.717, 1.165) is 49.2 Å². The van der Waals surface area contributed by atoms with Gasteiger partial charge in [-0.3, -0.25) is 9.48 Å². The monoisotopic (exact) mass is 462 g/mol. The van der Waals surface area contributed by atoms with Gasteiger partial charge in [0, 0.05) is 36.4 Å². The molecule has 1 aliphatic rings. The lowest BCUT2D eigenvalue weighted by molar-refractivity contribution is -0.155. The lowest BCUT2D eigenvalue weighted by atomic mass is 9.97. The summed E-state index contributed by atoms with van der Waals surface area (Å²) in [4.78, 5) is 25.7. The molecule has 8 heteroatoms. The van der Waals surface area contributed by atoms with Crippen molar-refractivity contribution in [2.24, 2.45) is 0 Å². The largest absolute Gasteiger partial charge is 0.460 e. The number of hydrogen-bond donors (Lipinski definition) is 1. The number of carbonyl (C=O) groups excluding carboxylic acids is 1. The Morgan fingerprint density at radius 1 is 1.24 bits per heavy atom. The molecule has 34 heavy (non-hydrogen) atoms. The molecule has 0 saturated carbocycles. The van der Waals surface area contributed by atoms with Crippen molar-refractivity contribution in [3.05, 3.63) is 65.6 Å². The lowest BCUT2D eigenvalue weighted by Crippen LogP contribution is -2.26. The van der Waals surface area contributed by atoms with Gasteiger partial charge in [-0.05, 0) is 77.5 Å². The van der Waals surface area contributed by atoms with Gasteiger partial charge >= 0.3 is 5.97 Å². The summed E-state index contributed by atoms with van der Waals surface area (Å²) in [6.45, 7) is 7.46. The Balaban J connectivity index is 1.38. The van der Waals surface area contributed by atoms with Crippen molar-refractivity contribution in [3.8, 4) is 0 Å². The van der Waals surface area contributed by atoms with E-state index in [0.29, 0.717) is 11.9 Å². The van der Waals surface area contributed by atoms with E-state index >= 15 is 0 Å². The van der Waals surface area contributed by atoms with E-state index in [-0.39, 0.29) is 18.4 Å². The number of aromatic nitrogens is 5. The van der Waals surface area contributed by atoms with Crippen LogP contribution < -0.4 is 5.32 Å². The molecular weight excluding hydrogens is 428 g/mol. The van der Waals surface area contributed by atoms with Crippen molar-refractivity contribution in [2.75, 3.05) is 5.32 Å². The molecule has 3 aromatic heterocycles. The number of anilines is 1. The van der Waals surface area contributed by atoms with Crippen LogP contribution in [0.4, 0.5) is 5.82 Å². The second-order valence-electron chi connectivity index (χ2n) is 9.94. The quantitative estimate of drug-likeness (QED) is 0.494. The van der Waals surface area contributed by atoms with Gasteiger partial charge < -0.3 is 10.1 Å². The molecule has 2 atom stereocenters. The normalized spacial score (nSPS) is 16.4. The number of nitrogens with one attached hydrogen (secondary N) is 1. The SMILES string of the molecule is Cc1ncc(C(CC(=O)OC(C)(C)C)n2ccc(CCC[C@H]3CCc4cccnc4N3)n2)cn1. The predicted octanol–water partition coefficient (Wildman–Crippen LogP) is 4.45. The maximum atomic E-state index is 12.6. The molecule has 0 amide bonds. The van der Waals surface area contributed by atoms with Gasteiger partial charge in [0.1, 0.15) is 17.2 Å². The van der Waals surface area contributed by atoms with E-state index in [9.17, 15) is 4.79 Å². The highest BCUT2D eigenvalue weighted by Crippen LogP contribution is 2.25. The molecule has 4 rings (SSSR count). The molecule has 0 saturated heterocycles. The molecule has 180 valence electrons. The van der Waals surface area contributed by atoms with Gasteiger partial charge in [0.2, 0.25) is 0 Å². The molecule has 1 aliphatic heterocycles. The summed E-state index contributed by atoms with van der Waals surface area (Å²) in [6, 6.07) is 6.30. The molecule has 1 N–H and O–H groups in total. The lowest BCUT2D eigenvalue weighted by Gasteiger charge is -2.25. The van der Waals surface area contributed by atoms with Gasteiger partial charge in [-0.25, -0.2) is 15.0 Å². The molecule has 3 aromatic rings. The topological polar surface area (TPSA) is 94.8 Å². The summed E-state index contributed by atoms with van der Waals surface area (Å²) < 4.78 is 7.41. The van der Waals surface area contributed by atoms with Gasteiger partial charge in [-0.15, -0.1) is 0 Å². The minimum absolute atomic E-state index is 0.170. The Hall–Kier alpha value is -3.29. The van der Waals surface area contributed by atoms with E-state index < -0.39 is 5.60 Å². The first-order valence-corrected chi connectivity index (χ1v) is 12.0. The average Bonchev–Trinajstić information content (AvgIpc) is 3.25. The molecule has 0 radical (unpaired) electrons. The van der Waals surface area contributed by atoms with Crippen molar-refractivity contribution >= 4 is 11.8 Å². The van der Waals surface area contributed by atoms with Crippen LogP contribution in [0, 0.1) is 6.92 Å². The molecule has 0 spiro atoms. The van der Waals surface area contributed by atoms with Crippen LogP contribution in [0.25, 0.3) is 0 Å². The van der Waals surface area contributed by atoms with Crippen molar-refractivity contribution in [1.29, 1.82) is 0 Å². The number of pyridine rings is 1. The highest BCUT2D eigenvalue weighted by molar-refractivity contribution is 5.71. The highest BCUT2D eigenvalue weighted by atomic mass is 16.6. The zero-order chi connectivity index (χ0) is 24.1. The summed E-state index contributed by atoms with van der Waals surface area (Å²) in [7, 11) is 0. The average molecular weight is 463 g/mol. The van der Waals surface area contributed by atoms with E-state index in [1.807, 2.05) is 56.9 Å². The maximum absolute atomic E-state index is 12.6. The molecule has 0 bridgehead atoms. The standard InChI is InChI=1S/C26H34N6O2/c1-18-28-16-20(17-29-18)23(15-24(33)34-26(2,3)4)32-14-12-22(31-32)9-5-8-21-11-10-19-7-6-13-27-25(19)30-21/h6-7,12-14,16-17,21,23H,5,8-11,15H2,1-4H3,(H,27,30)/t21-,23?/m0/s1. The van der Waals surface area contributed by atoms with Crippen LogP contribution in [-0.2, 0) is 22.4 Å². The van der Waals surface area contributed by atoms with Crippen molar-refractivity contribution in [2.45, 2.75) is 83.9 Å². The van der Waals surface area contributed by atoms with Crippen molar-refractivity contribution < 1.29 is 9.53 Å². The minimum Gasteiger partial charge on any atom is -0.460 e. The first-order chi connectivity index (χ1) is 16.3. The van der Waals surface area contributed by atoms with Crippen LogP contribution in [0.3, 0.4) is 0 Å². The maximum Gasteiger partial charge on any atom is 0.308 e. The molecule has 8 nitrogen and oxygen atoms in total. The van der Waals surface area contributed by atoms with Crippen molar-refractivity contribution in [3.63, 3.8) is 0 Å². The Morgan fingerprint density at radius 2 is 2.03 bits per heavy atom. The predicted molar refractivity (Wildman–Crippen MR) is 131 cm³/mol. The van der Waals surface area contributed by atoms with Gasteiger partial charge in [0.25, 0.3) is 0 Å². The Morgan fingerprint density at radius 3 is 2.79 bits per heavy atom. The van der Waals surface area contributed by atoms with Crippen LogP contribution in [0.5, 0.6) is 0 Å². The smallest absolute Gasteiger partial charge is 0.308 e. The van der Waals surface area contributed by atoms with Crippen LogP contribution in [0.15, 0.2) is 43.0 Å². The van der Waals surface area contributed by atoms with E-state index in [1.165, 1.54) is 5.56 Å². The Bertz CT molecular complexity index is 1100. The van der Waals surface area contributed by atoms with Gasteiger partial charge in [-0.2, -0.15) is 5.10 Å². The van der Waals surface area contributed by atoms with Gasteiger partial charge in [0.15, 0.2) is 0 Å². The molecule has 0 fully saturated rings. The third-order valence-electron chi connectivity index (χ3n) is 5.93. The Kier molecular flexibility index (Phi) is 7.24. The first kappa shape index (κ1) is 23.9. The molecular formula is C26H34N6O2. The van der Waals surface area contributed by atoms with Crippen LogP contribution in [0.1, 0.15) is 75.1 Å². The number of carbonyl (C=O) groups is 1. The fraction of sp³-hybridized carbons (Fsp3) is 0.500. The molecule has 0 aromatic carbocycles. The van der Waals surface area contributed by atoms with Crippen LogP contribution >= 0.6 is 0 Å². The summed E-state index contributed by atoms with van der Waals surface area (Å²) in [5.41, 5.74) is 2.61. The second-order valence-corrected chi connectivity index (χ2v) is 9.94. The van der Waals surface area contributed by atoms with E-state index in [1.54, 1.807) is 12.4 Å². The third kappa shape index (κ3) is 6.40. The zero-order valence-electron chi connectivity index (χ0n) is 20.5. The number of ether oxygens (including phenoxy) is 1. The zero-order valence-corrected chi connectivity index (χ0v) is 20.5. The second kappa shape index (κ2) is 10.3. The summed E-state index contributed by atoms with van der Waals surface area (Å²) >= 11 is 0.